The van der Waals surface area contributed by atoms with Gasteiger partial charge in [0.1, 0.15) is 12.4 Å². The molecule has 2 aliphatic heterocycles. The topological polar surface area (TPSA) is 73.9 Å². The van der Waals surface area contributed by atoms with Crippen LogP contribution in [-0.4, -0.2) is 25.8 Å². The van der Waals surface area contributed by atoms with Crippen molar-refractivity contribution in [2.75, 3.05) is 13.7 Å². The number of ether oxygens (including phenoxy) is 3. The Morgan fingerprint density at radius 1 is 1.35 bits per heavy atom. The van der Waals surface area contributed by atoms with Crippen molar-refractivity contribution in [3.05, 3.63) is 57.6 Å². The van der Waals surface area contributed by atoms with Crippen molar-refractivity contribution in [2.24, 2.45) is 0 Å². The van der Waals surface area contributed by atoms with Gasteiger partial charge in [-0.3, -0.25) is 0 Å². The van der Waals surface area contributed by atoms with Gasteiger partial charge in [-0.15, -0.1) is 0 Å². The fourth-order valence-corrected chi connectivity index (χ4v) is 2.81. The Morgan fingerprint density at radius 3 is 2.70 bits per heavy atom. The lowest BCUT2D eigenvalue weighted by molar-refractivity contribution is -0.136. The molecule has 1 N–H and O–H groups in total. The summed E-state index contributed by atoms with van der Waals surface area (Å²) in [4.78, 5) is 23.7. The molecular formula is C16H14ClNO5. The van der Waals surface area contributed by atoms with Gasteiger partial charge in [-0.2, -0.15) is 0 Å². The third-order valence-corrected chi connectivity index (χ3v) is 3.97. The minimum absolute atomic E-state index is 0.168. The Labute approximate surface area is 137 Å². The number of hydrogen-bond acceptors (Lipinski definition) is 6. The zero-order chi connectivity index (χ0) is 16.6. The summed E-state index contributed by atoms with van der Waals surface area (Å²) in [6.45, 7) is 1.93. The maximum absolute atomic E-state index is 12.1. The lowest BCUT2D eigenvalue weighted by Crippen LogP contribution is -2.28. The highest BCUT2D eigenvalue weighted by molar-refractivity contribution is 6.30. The molecule has 0 amide bonds. The van der Waals surface area contributed by atoms with Crippen molar-refractivity contribution < 1.29 is 23.8 Å². The molecule has 0 spiro atoms. The number of allylic oxidation sites excluding steroid dienone is 2. The van der Waals surface area contributed by atoms with E-state index in [1.165, 1.54) is 7.11 Å². The summed E-state index contributed by atoms with van der Waals surface area (Å²) in [6.07, 6.45) is -0.851. The van der Waals surface area contributed by atoms with Gasteiger partial charge in [0.15, 0.2) is 0 Å². The van der Waals surface area contributed by atoms with E-state index in [1.54, 1.807) is 31.2 Å². The van der Waals surface area contributed by atoms with Gasteiger partial charge < -0.3 is 19.5 Å². The molecule has 0 aromatic heterocycles. The first-order valence-electron chi connectivity index (χ1n) is 6.90. The van der Waals surface area contributed by atoms with Crippen LogP contribution in [0.5, 0.6) is 0 Å². The molecular weight excluding hydrogens is 322 g/mol. The van der Waals surface area contributed by atoms with E-state index in [4.69, 9.17) is 21.1 Å². The number of rotatable bonds is 2. The van der Waals surface area contributed by atoms with Crippen LogP contribution in [0.4, 0.5) is 4.79 Å². The van der Waals surface area contributed by atoms with Crippen LogP contribution >= 0.6 is 11.6 Å². The summed E-state index contributed by atoms with van der Waals surface area (Å²) in [5.41, 5.74) is 2.48. The highest BCUT2D eigenvalue weighted by Gasteiger charge is 2.40. The number of cyclic esters (lactones) is 1. The molecule has 0 fully saturated rings. The molecule has 2 aliphatic rings. The zero-order valence-electron chi connectivity index (χ0n) is 12.5. The fraction of sp³-hybridized carbons (Fsp3) is 0.250. The van der Waals surface area contributed by atoms with Crippen molar-refractivity contribution >= 4 is 23.7 Å². The number of carbonyl (C=O) groups excluding carboxylic acids is 2. The molecule has 3 rings (SSSR count). The van der Waals surface area contributed by atoms with Crippen LogP contribution in [0.1, 0.15) is 18.4 Å². The Balaban J connectivity index is 2.09. The van der Waals surface area contributed by atoms with Gasteiger partial charge in [0.25, 0.3) is 0 Å². The second-order valence-corrected chi connectivity index (χ2v) is 5.56. The molecule has 1 atom stereocenters. The SMILES string of the molecule is COC(=O)OC1=C(C)NC2=C(C(=O)OC2)C1c1ccc(Cl)cc1. The van der Waals surface area contributed by atoms with Crippen molar-refractivity contribution in [1.29, 1.82) is 0 Å². The Kier molecular flexibility index (Phi) is 4.00. The monoisotopic (exact) mass is 335 g/mol. The van der Waals surface area contributed by atoms with E-state index in [0.29, 0.717) is 27.7 Å². The highest BCUT2D eigenvalue weighted by Crippen LogP contribution is 2.41. The first kappa shape index (κ1) is 15.4. The second-order valence-electron chi connectivity index (χ2n) is 5.12. The molecule has 6 nitrogen and oxygen atoms in total. The molecule has 120 valence electrons. The number of halogens is 1. The molecule has 0 bridgehead atoms. The normalized spacial score (nSPS) is 20.0. The van der Waals surface area contributed by atoms with Crippen LogP contribution in [0, 0.1) is 0 Å². The molecule has 0 saturated heterocycles. The lowest BCUT2D eigenvalue weighted by Gasteiger charge is -2.27. The standard InChI is InChI=1S/C16H14ClNO5/c1-8-14(23-16(20)21-2)12(9-3-5-10(17)6-4-9)13-11(18-8)7-22-15(13)19/h3-6,12,18H,7H2,1-2H3. The summed E-state index contributed by atoms with van der Waals surface area (Å²) < 4.78 is 15.0. The van der Waals surface area contributed by atoms with E-state index in [9.17, 15) is 9.59 Å². The number of dihydropyridines is 1. The zero-order valence-corrected chi connectivity index (χ0v) is 13.3. The van der Waals surface area contributed by atoms with Crippen molar-refractivity contribution in [2.45, 2.75) is 12.8 Å². The first-order valence-corrected chi connectivity index (χ1v) is 7.28. The second kappa shape index (κ2) is 5.96. The minimum Gasteiger partial charge on any atom is -0.456 e. The minimum atomic E-state index is -0.851. The summed E-state index contributed by atoms with van der Waals surface area (Å²) >= 11 is 5.93. The van der Waals surface area contributed by atoms with Crippen molar-refractivity contribution in [3.8, 4) is 0 Å². The van der Waals surface area contributed by atoms with Gasteiger partial charge >= 0.3 is 12.1 Å². The Bertz CT molecular complexity index is 735. The number of carbonyl (C=O) groups is 2. The quantitative estimate of drug-likeness (QED) is 0.838. The summed E-state index contributed by atoms with van der Waals surface area (Å²) in [6, 6.07) is 6.99. The molecule has 0 saturated carbocycles. The van der Waals surface area contributed by atoms with Gasteiger partial charge in [0.2, 0.25) is 0 Å². The van der Waals surface area contributed by atoms with E-state index in [-0.39, 0.29) is 6.61 Å². The fourth-order valence-electron chi connectivity index (χ4n) is 2.69. The number of methoxy groups -OCH3 is 1. The molecule has 2 heterocycles. The van der Waals surface area contributed by atoms with E-state index >= 15 is 0 Å². The van der Waals surface area contributed by atoms with Crippen molar-refractivity contribution in [1.82, 2.24) is 5.32 Å². The predicted molar refractivity (Wildman–Crippen MR) is 81.5 cm³/mol. The number of nitrogens with one attached hydrogen (secondary N) is 1. The largest absolute Gasteiger partial charge is 0.513 e. The molecule has 0 radical (unpaired) electrons. The number of benzene rings is 1. The number of esters is 1. The van der Waals surface area contributed by atoms with Crippen LogP contribution in [0.15, 0.2) is 47.0 Å². The third-order valence-electron chi connectivity index (χ3n) is 3.71. The van der Waals surface area contributed by atoms with Gasteiger partial charge in [0, 0.05) is 5.02 Å². The van der Waals surface area contributed by atoms with E-state index in [2.05, 4.69) is 10.1 Å². The molecule has 1 aromatic rings. The average molecular weight is 336 g/mol. The van der Waals surface area contributed by atoms with E-state index in [1.807, 2.05) is 0 Å². The number of hydrogen-bond donors (Lipinski definition) is 1. The summed E-state index contributed by atoms with van der Waals surface area (Å²) in [5.74, 6) is -0.694. The van der Waals surface area contributed by atoms with Crippen LogP contribution < -0.4 is 5.32 Å². The van der Waals surface area contributed by atoms with E-state index in [0.717, 1.165) is 5.56 Å². The molecule has 1 aromatic carbocycles. The van der Waals surface area contributed by atoms with Crippen molar-refractivity contribution in [3.63, 3.8) is 0 Å². The predicted octanol–water partition coefficient (Wildman–Crippen LogP) is 2.85. The lowest BCUT2D eigenvalue weighted by atomic mass is 9.85. The maximum atomic E-state index is 12.1. The molecule has 0 aliphatic carbocycles. The Hall–Kier alpha value is -2.47. The molecule has 7 heteroatoms. The summed E-state index contributed by atoms with van der Waals surface area (Å²) in [5, 5.41) is 3.63. The smallest absolute Gasteiger partial charge is 0.456 e. The third kappa shape index (κ3) is 2.77. The van der Waals surface area contributed by atoms with Crippen LogP contribution in [-0.2, 0) is 19.0 Å². The molecule has 23 heavy (non-hydrogen) atoms. The molecule has 1 unspecified atom stereocenters. The Morgan fingerprint density at radius 2 is 2.04 bits per heavy atom. The van der Waals surface area contributed by atoms with E-state index < -0.39 is 18.0 Å². The average Bonchev–Trinajstić information content (AvgIpc) is 2.89. The first-order chi connectivity index (χ1) is 11.0. The van der Waals surface area contributed by atoms with Crippen LogP contribution in [0.25, 0.3) is 0 Å². The maximum Gasteiger partial charge on any atom is 0.513 e. The van der Waals surface area contributed by atoms with Crippen LogP contribution in [0.3, 0.4) is 0 Å². The van der Waals surface area contributed by atoms with Gasteiger partial charge in [-0.25, -0.2) is 9.59 Å². The van der Waals surface area contributed by atoms with Crippen LogP contribution in [0.2, 0.25) is 5.02 Å². The van der Waals surface area contributed by atoms with Gasteiger partial charge in [-0.1, -0.05) is 23.7 Å². The van der Waals surface area contributed by atoms with Gasteiger partial charge in [0.05, 0.1) is 30.0 Å². The summed E-state index contributed by atoms with van der Waals surface area (Å²) in [7, 11) is 1.22. The van der Waals surface area contributed by atoms with Gasteiger partial charge in [-0.05, 0) is 24.6 Å². The highest BCUT2D eigenvalue weighted by atomic mass is 35.5.